The summed E-state index contributed by atoms with van der Waals surface area (Å²) in [6.07, 6.45) is 0. The van der Waals surface area contributed by atoms with Gasteiger partial charge in [0.15, 0.2) is 0 Å². The molecule has 0 aliphatic rings. The van der Waals surface area contributed by atoms with E-state index < -0.39 is 20.7 Å². The molecule has 0 atom stereocenters. The Balaban J connectivity index is 3.29. The Hall–Kier alpha value is -1.14. The highest BCUT2D eigenvalue weighted by Crippen LogP contribution is 2.26. The molecule has 0 aliphatic carbocycles. The maximum atomic E-state index is 13.9. The highest BCUT2D eigenvalue weighted by atomic mass is 32.2. The number of nitrogens with zero attached hydrogens (tertiary/aromatic N) is 1. The number of halogens is 1. The van der Waals surface area contributed by atoms with Crippen LogP contribution in [0.15, 0.2) is 23.1 Å². The average Bonchev–Trinajstić information content (AvgIpc) is 2.26. The molecule has 0 unspecified atom stereocenters. The van der Waals surface area contributed by atoms with Crippen molar-refractivity contribution < 1.29 is 12.8 Å². The van der Waals surface area contributed by atoms with Gasteiger partial charge in [-0.2, -0.15) is 4.31 Å². The fraction of sp³-hybridized carbons (Fsp3) is 0.571. The molecule has 114 valence electrons. The number of nitrogen functional groups attached to an aromatic ring is 1. The average molecular weight is 302 g/mol. The van der Waals surface area contributed by atoms with Gasteiger partial charge in [-0.3, -0.25) is 0 Å². The van der Waals surface area contributed by atoms with Crippen molar-refractivity contribution in [3.05, 3.63) is 24.0 Å². The monoisotopic (exact) mass is 302 g/mol. The van der Waals surface area contributed by atoms with Gasteiger partial charge in [0.05, 0.1) is 5.69 Å². The molecule has 2 N–H and O–H groups in total. The number of hydrogen-bond donors (Lipinski definition) is 1. The second-order valence-corrected chi connectivity index (χ2v) is 7.64. The van der Waals surface area contributed by atoms with Gasteiger partial charge in [-0.25, -0.2) is 12.8 Å². The van der Waals surface area contributed by atoms with Crippen molar-refractivity contribution in [1.29, 1.82) is 0 Å². The topological polar surface area (TPSA) is 63.4 Å². The van der Waals surface area contributed by atoms with E-state index in [9.17, 15) is 12.8 Å². The summed E-state index contributed by atoms with van der Waals surface area (Å²) in [7, 11) is -3.92. The van der Waals surface area contributed by atoms with Crippen molar-refractivity contribution in [2.45, 2.75) is 32.6 Å². The molecule has 1 rings (SSSR count). The van der Waals surface area contributed by atoms with Crippen LogP contribution < -0.4 is 5.73 Å². The summed E-state index contributed by atoms with van der Waals surface area (Å²) in [5.74, 6) is -0.504. The molecule has 1 aromatic carbocycles. The number of hydrogen-bond acceptors (Lipinski definition) is 3. The molecule has 0 saturated heterocycles. The van der Waals surface area contributed by atoms with Crippen LogP contribution >= 0.6 is 0 Å². The summed E-state index contributed by atoms with van der Waals surface area (Å²) >= 11 is 0. The summed E-state index contributed by atoms with van der Waals surface area (Å²) in [6.45, 7) is 8.38. The normalized spacial score (nSPS) is 12.6. The largest absolute Gasteiger partial charge is 0.398 e. The zero-order valence-electron chi connectivity index (χ0n) is 12.4. The van der Waals surface area contributed by atoms with Gasteiger partial charge in [0, 0.05) is 13.1 Å². The summed E-state index contributed by atoms with van der Waals surface area (Å²) in [4.78, 5) is -0.415. The lowest BCUT2D eigenvalue weighted by Gasteiger charge is -2.26. The van der Waals surface area contributed by atoms with E-state index >= 15 is 0 Å². The van der Waals surface area contributed by atoms with Gasteiger partial charge in [0.2, 0.25) is 10.0 Å². The fourth-order valence-corrected chi connectivity index (χ4v) is 3.94. The molecule has 1 aromatic rings. The van der Waals surface area contributed by atoms with Crippen LogP contribution in [0.25, 0.3) is 0 Å². The van der Waals surface area contributed by atoms with Crippen molar-refractivity contribution in [3.63, 3.8) is 0 Å². The first-order valence-corrected chi connectivity index (χ1v) is 8.14. The first-order valence-electron chi connectivity index (χ1n) is 6.70. The van der Waals surface area contributed by atoms with Crippen LogP contribution in [0.1, 0.15) is 27.7 Å². The van der Waals surface area contributed by atoms with Gasteiger partial charge in [-0.1, -0.05) is 33.8 Å². The van der Waals surface area contributed by atoms with Crippen LogP contribution in [0.2, 0.25) is 0 Å². The van der Waals surface area contributed by atoms with E-state index in [1.807, 2.05) is 27.7 Å². The van der Waals surface area contributed by atoms with E-state index in [0.717, 1.165) is 6.07 Å². The standard InChI is InChI=1S/C14H23FN2O2S/c1-10(2)8-17(9-11(3)4)20(18,19)14-12(15)6-5-7-13(14)16/h5-7,10-11H,8-9,16H2,1-4H3. The highest BCUT2D eigenvalue weighted by molar-refractivity contribution is 7.89. The Morgan fingerprint density at radius 1 is 1.15 bits per heavy atom. The van der Waals surface area contributed by atoms with Gasteiger partial charge in [-0.05, 0) is 24.0 Å². The molecule has 0 aromatic heterocycles. The van der Waals surface area contributed by atoms with Gasteiger partial charge in [0.1, 0.15) is 10.7 Å². The Morgan fingerprint density at radius 2 is 1.65 bits per heavy atom. The van der Waals surface area contributed by atoms with E-state index in [4.69, 9.17) is 5.73 Å². The number of nitrogens with two attached hydrogens (primary N) is 1. The number of anilines is 1. The Kier molecular flexibility index (Phi) is 5.53. The number of rotatable bonds is 6. The van der Waals surface area contributed by atoms with E-state index in [0.29, 0.717) is 13.1 Å². The Bertz CT molecular complexity index is 526. The zero-order chi connectivity index (χ0) is 15.5. The molecular weight excluding hydrogens is 279 g/mol. The molecule has 0 fully saturated rings. The van der Waals surface area contributed by atoms with Crippen molar-refractivity contribution in [2.24, 2.45) is 11.8 Å². The van der Waals surface area contributed by atoms with Crippen LogP contribution in [0.4, 0.5) is 10.1 Å². The Morgan fingerprint density at radius 3 is 2.05 bits per heavy atom. The Labute approximate surface area is 120 Å². The predicted octanol–water partition coefficient (Wildman–Crippen LogP) is 2.71. The fourth-order valence-electron chi connectivity index (χ4n) is 2.01. The smallest absolute Gasteiger partial charge is 0.248 e. The molecule has 4 nitrogen and oxygen atoms in total. The van der Waals surface area contributed by atoms with E-state index in [1.54, 1.807) is 0 Å². The van der Waals surface area contributed by atoms with Gasteiger partial charge >= 0.3 is 0 Å². The quantitative estimate of drug-likeness (QED) is 0.822. The molecule has 0 bridgehead atoms. The zero-order valence-corrected chi connectivity index (χ0v) is 13.2. The van der Waals surface area contributed by atoms with Crippen LogP contribution in [0.3, 0.4) is 0 Å². The molecular formula is C14H23FN2O2S. The minimum Gasteiger partial charge on any atom is -0.398 e. The maximum absolute atomic E-state index is 13.9. The minimum absolute atomic E-state index is 0.0532. The molecule has 0 heterocycles. The number of sulfonamides is 1. The van der Waals surface area contributed by atoms with Crippen molar-refractivity contribution >= 4 is 15.7 Å². The summed E-state index contributed by atoms with van der Waals surface area (Å²) < 4.78 is 40.5. The third-order valence-corrected chi connectivity index (χ3v) is 4.66. The minimum atomic E-state index is -3.92. The third-order valence-electron chi connectivity index (χ3n) is 2.73. The molecule has 0 amide bonds. The third kappa shape index (κ3) is 3.93. The van der Waals surface area contributed by atoms with Crippen LogP contribution in [0.5, 0.6) is 0 Å². The summed E-state index contributed by atoms with van der Waals surface area (Å²) in [5, 5.41) is 0. The van der Waals surface area contributed by atoms with Crippen molar-refractivity contribution in [3.8, 4) is 0 Å². The molecule has 6 heteroatoms. The predicted molar refractivity (Wildman–Crippen MR) is 79.2 cm³/mol. The second-order valence-electron chi connectivity index (χ2n) is 5.77. The van der Waals surface area contributed by atoms with Crippen LogP contribution in [0, 0.1) is 17.7 Å². The molecule has 0 saturated carbocycles. The van der Waals surface area contributed by atoms with Crippen molar-refractivity contribution in [2.75, 3.05) is 18.8 Å². The van der Waals surface area contributed by atoms with E-state index in [-0.39, 0.29) is 17.5 Å². The molecule has 0 radical (unpaired) electrons. The maximum Gasteiger partial charge on any atom is 0.248 e. The lowest BCUT2D eigenvalue weighted by atomic mass is 10.2. The lowest BCUT2D eigenvalue weighted by Crippen LogP contribution is -2.37. The lowest BCUT2D eigenvalue weighted by molar-refractivity contribution is 0.332. The summed E-state index contributed by atoms with van der Waals surface area (Å²) in [6, 6.07) is 3.92. The second kappa shape index (κ2) is 6.54. The van der Waals surface area contributed by atoms with E-state index in [2.05, 4.69) is 0 Å². The summed E-state index contributed by atoms with van der Waals surface area (Å²) in [5.41, 5.74) is 5.61. The highest BCUT2D eigenvalue weighted by Gasteiger charge is 2.30. The number of benzene rings is 1. The van der Waals surface area contributed by atoms with Crippen molar-refractivity contribution in [1.82, 2.24) is 4.31 Å². The van der Waals surface area contributed by atoms with Crippen LogP contribution in [-0.4, -0.2) is 25.8 Å². The van der Waals surface area contributed by atoms with Gasteiger partial charge < -0.3 is 5.73 Å². The molecule has 0 aliphatic heterocycles. The molecule has 0 spiro atoms. The first kappa shape index (κ1) is 16.9. The van der Waals surface area contributed by atoms with E-state index in [1.165, 1.54) is 16.4 Å². The SMILES string of the molecule is CC(C)CN(CC(C)C)S(=O)(=O)c1c(N)cccc1F. The van der Waals surface area contributed by atoms with Gasteiger partial charge in [0.25, 0.3) is 0 Å². The van der Waals surface area contributed by atoms with Crippen LogP contribution in [-0.2, 0) is 10.0 Å². The van der Waals surface area contributed by atoms with Gasteiger partial charge in [-0.15, -0.1) is 0 Å². The first-order chi connectivity index (χ1) is 9.16. The molecule has 20 heavy (non-hydrogen) atoms.